The number of nitrogens with one attached hydrogen (secondary N) is 2. The summed E-state index contributed by atoms with van der Waals surface area (Å²) in [6.45, 7) is 7.30. The van der Waals surface area contributed by atoms with Gasteiger partial charge in [-0.15, -0.1) is 0 Å². The Bertz CT molecular complexity index is 901. The van der Waals surface area contributed by atoms with E-state index in [1.807, 2.05) is 18.2 Å². The topological polar surface area (TPSA) is 67.4 Å². The van der Waals surface area contributed by atoms with Crippen LogP contribution in [0.25, 0.3) is 0 Å². The molecule has 3 rings (SSSR count). The molecule has 0 saturated heterocycles. The molecule has 0 unspecified atom stereocenters. The number of benzene rings is 2. The highest BCUT2D eigenvalue weighted by molar-refractivity contribution is 5.79. The molecule has 7 nitrogen and oxygen atoms in total. The zero-order valence-electron chi connectivity index (χ0n) is 19.7. The lowest BCUT2D eigenvalue weighted by Crippen LogP contribution is -2.39. The first-order chi connectivity index (χ1) is 15.7. The molecule has 2 aromatic carbocycles. The van der Waals surface area contributed by atoms with Crippen LogP contribution in [0.15, 0.2) is 41.4 Å². The standard InChI is InChI=1S/C25H36N4O3/c1-5-26-25(27-12-10-19-8-6-7-9-22(19)30-2)28-13-15-29-14-11-20-16-23(31-3)24(32-4)17-21(20)18-29/h6-9,16-17H,5,10-15,18H2,1-4H3,(H2,26,27,28). The fraction of sp³-hybridized carbons (Fsp3) is 0.480. The summed E-state index contributed by atoms with van der Waals surface area (Å²) in [7, 11) is 5.08. The van der Waals surface area contributed by atoms with Crippen LogP contribution in [0.2, 0.25) is 0 Å². The maximum absolute atomic E-state index is 5.47. The minimum atomic E-state index is 0.743. The van der Waals surface area contributed by atoms with Gasteiger partial charge in [-0.1, -0.05) is 18.2 Å². The van der Waals surface area contributed by atoms with Gasteiger partial charge >= 0.3 is 0 Å². The lowest BCUT2D eigenvalue weighted by Gasteiger charge is -2.29. The van der Waals surface area contributed by atoms with Gasteiger partial charge in [0.05, 0.1) is 27.9 Å². The summed E-state index contributed by atoms with van der Waals surface area (Å²) >= 11 is 0. The Kier molecular flexibility index (Phi) is 9.04. The van der Waals surface area contributed by atoms with E-state index in [-0.39, 0.29) is 0 Å². The largest absolute Gasteiger partial charge is 0.496 e. The first kappa shape index (κ1) is 23.7. The molecule has 1 heterocycles. The monoisotopic (exact) mass is 440 g/mol. The molecular weight excluding hydrogens is 404 g/mol. The number of fused-ring (bicyclic) bond motifs is 1. The van der Waals surface area contributed by atoms with Gasteiger partial charge in [0.25, 0.3) is 0 Å². The first-order valence-electron chi connectivity index (χ1n) is 11.3. The number of para-hydroxylation sites is 1. The highest BCUT2D eigenvalue weighted by atomic mass is 16.5. The number of aliphatic imine (C=N–C) groups is 1. The second kappa shape index (κ2) is 12.2. The molecule has 2 aromatic rings. The van der Waals surface area contributed by atoms with Gasteiger partial charge in [-0.3, -0.25) is 9.89 Å². The van der Waals surface area contributed by atoms with Crippen LogP contribution in [-0.2, 0) is 19.4 Å². The third-order valence-corrected chi connectivity index (χ3v) is 5.71. The van der Waals surface area contributed by atoms with E-state index >= 15 is 0 Å². The van der Waals surface area contributed by atoms with Crippen LogP contribution in [-0.4, -0.2) is 64.9 Å². The van der Waals surface area contributed by atoms with Crippen LogP contribution in [0.4, 0.5) is 0 Å². The Morgan fingerprint density at radius 1 is 0.969 bits per heavy atom. The lowest BCUT2D eigenvalue weighted by molar-refractivity contribution is 0.260. The van der Waals surface area contributed by atoms with Crippen LogP contribution >= 0.6 is 0 Å². The quantitative estimate of drug-likeness (QED) is 0.438. The minimum absolute atomic E-state index is 0.743. The molecule has 0 bridgehead atoms. The zero-order chi connectivity index (χ0) is 22.8. The number of methoxy groups -OCH3 is 3. The van der Waals surface area contributed by atoms with Crippen LogP contribution in [0, 0.1) is 0 Å². The van der Waals surface area contributed by atoms with Gasteiger partial charge in [0, 0.05) is 32.7 Å². The molecule has 0 aliphatic carbocycles. The molecule has 0 atom stereocenters. The maximum Gasteiger partial charge on any atom is 0.191 e. The van der Waals surface area contributed by atoms with E-state index in [0.717, 1.165) is 75.3 Å². The van der Waals surface area contributed by atoms with E-state index < -0.39 is 0 Å². The van der Waals surface area contributed by atoms with Crippen LogP contribution in [0.1, 0.15) is 23.6 Å². The first-order valence-corrected chi connectivity index (χ1v) is 11.3. The molecule has 0 radical (unpaired) electrons. The summed E-state index contributed by atoms with van der Waals surface area (Å²) in [4.78, 5) is 7.22. The fourth-order valence-corrected chi connectivity index (χ4v) is 4.00. The minimum Gasteiger partial charge on any atom is -0.496 e. The Balaban J connectivity index is 1.51. The summed E-state index contributed by atoms with van der Waals surface area (Å²) in [6, 6.07) is 12.3. The van der Waals surface area contributed by atoms with Crippen molar-refractivity contribution in [3.05, 3.63) is 53.1 Å². The molecule has 174 valence electrons. The molecule has 2 N–H and O–H groups in total. The Morgan fingerprint density at radius 2 is 1.69 bits per heavy atom. The molecule has 0 amide bonds. The smallest absolute Gasteiger partial charge is 0.191 e. The van der Waals surface area contributed by atoms with Gasteiger partial charge in [-0.2, -0.15) is 0 Å². The van der Waals surface area contributed by atoms with Crippen molar-refractivity contribution in [1.29, 1.82) is 0 Å². The average Bonchev–Trinajstić information content (AvgIpc) is 2.83. The number of hydrogen-bond donors (Lipinski definition) is 2. The average molecular weight is 441 g/mol. The Labute approximate surface area is 191 Å². The number of ether oxygens (including phenoxy) is 3. The molecule has 0 spiro atoms. The van der Waals surface area contributed by atoms with Gasteiger partial charge in [-0.05, 0) is 54.7 Å². The van der Waals surface area contributed by atoms with E-state index in [0.29, 0.717) is 0 Å². The Morgan fingerprint density at radius 3 is 2.41 bits per heavy atom. The number of guanidine groups is 1. The van der Waals surface area contributed by atoms with Gasteiger partial charge in [0.2, 0.25) is 0 Å². The van der Waals surface area contributed by atoms with Crippen LogP contribution in [0.5, 0.6) is 17.2 Å². The molecule has 0 saturated carbocycles. The van der Waals surface area contributed by atoms with Gasteiger partial charge < -0.3 is 24.8 Å². The van der Waals surface area contributed by atoms with Crippen LogP contribution < -0.4 is 24.8 Å². The third kappa shape index (κ3) is 6.29. The molecule has 0 fully saturated rings. The lowest BCUT2D eigenvalue weighted by atomic mass is 9.99. The maximum atomic E-state index is 5.47. The highest BCUT2D eigenvalue weighted by Crippen LogP contribution is 2.33. The number of nitrogens with zero attached hydrogens (tertiary/aromatic N) is 2. The van der Waals surface area contributed by atoms with Crippen molar-refractivity contribution in [2.45, 2.75) is 26.3 Å². The van der Waals surface area contributed by atoms with Gasteiger partial charge in [-0.25, -0.2) is 0 Å². The van der Waals surface area contributed by atoms with E-state index in [4.69, 9.17) is 19.2 Å². The molecule has 32 heavy (non-hydrogen) atoms. The predicted octanol–water partition coefficient (Wildman–Crippen LogP) is 2.87. The zero-order valence-corrected chi connectivity index (χ0v) is 19.7. The summed E-state index contributed by atoms with van der Waals surface area (Å²) in [5.41, 5.74) is 3.84. The van der Waals surface area contributed by atoms with Crippen molar-refractivity contribution >= 4 is 5.96 Å². The third-order valence-electron chi connectivity index (χ3n) is 5.71. The van der Waals surface area contributed by atoms with Gasteiger partial charge in [0.15, 0.2) is 17.5 Å². The molecule has 0 aromatic heterocycles. The normalized spacial score (nSPS) is 13.9. The van der Waals surface area contributed by atoms with E-state index in [2.05, 4.69) is 40.7 Å². The van der Waals surface area contributed by atoms with E-state index in [9.17, 15) is 0 Å². The summed E-state index contributed by atoms with van der Waals surface area (Å²) in [5, 5.41) is 6.77. The van der Waals surface area contributed by atoms with Crippen molar-refractivity contribution in [2.24, 2.45) is 4.99 Å². The second-order valence-electron chi connectivity index (χ2n) is 7.75. The van der Waals surface area contributed by atoms with Crippen molar-refractivity contribution in [2.75, 3.05) is 54.1 Å². The Hall–Kier alpha value is -2.93. The van der Waals surface area contributed by atoms with Crippen molar-refractivity contribution in [1.82, 2.24) is 15.5 Å². The second-order valence-corrected chi connectivity index (χ2v) is 7.75. The summed E-state index contributed by atoms with van der Waals surface area (Å²) in [5.74, 6) is 3.38. The van der Waals surface area contributed by atoms with Crippen molar-refractivity contribution < 1.29 is 14.2 Å². The molecule has 7 heteroatoms. The molecular formula is C25H36N4O3. The molecule has 1 aliphatic heterocycles. The highest BCUT2D eigenvalue weighted by Gasteiger charge is 2.19. The van der Waals surface area contributed by atoms with Crippen molar-refractivity contribution in [3.63, 3.8) is 0 Å². The molecule has 1 aliphatic rings. The number of rotatable bonds is 10. The SMILES string of the molecule is CCNC(=NCCN1CCc2cc(OC)c(OC)cc2C1)NCCc1ccccc1OC. The van der Waals surface area contributed by atoms with E-state index in [1.54, 1.807) is 21.3 Å². The summed E-state index contributed by atoms with van der Waals surface area (Å²) in [6.07, 6.45) is 1.89. The predicted molar refractivity (Wildman–Crippen MR) is 129 cm³/mol. The van der Waals surface area contributed by atoms with Crippen molar-refractivity contribution in [3.8, 4) is 17.2 Å². The van der Waals surface area contributed by atoms with E-state index in [1.165, 1.54) is 16.7 Å². The van der Waals surface area contributed by atoms with Crippen LogP contribution in [0.3, 0.4) is 0 Å². The van der Waals surface area contributed by atoms with Gasteiger partial charge in [0.1, 0.15) is 5.75 Å². The summed E-state index contributed by atoms with van der Waals surface area (Å²) < 4.78 is 16.4. The fourth-order valence-electron chi connectivity index (χ4n) is 4.00. The number of hydrogen-bond acceptors (Lipinski definition) is 5.